The van der Waals surface area contributed by atoms with Crippen LogP contribution < -0.4 is 0 Å². The molecule has 3 aromatic rings. The Balaban J connectivity index is 2.35. The van der Waals surface area contributed by atoms with Gasteiger partial charge in [0.1, 0.15) is 5.82 Å². The molecule has 1 heterocycles. The Bertz CT molecular complexity index is 920. The number of imidazole rings is 1. The first-order valence-corrected chi connectivity index (χ1v) is 6.90. The summed E-state index contributed by atoms with van der Waals surface area (Å²) in [6.45, 7) is 0. The molecular weight excluding hydrogens is 341 g/mol. The van der Waals surface area contributed by atoms with Crippen LogP contribution in [0.15, 0.2) is 40.9 Å². The molecule has 2 aromatic carbocycles. The van der Waals surface area contributed by atoms with E-state index in [1.54, 1.807) is 34.9 Å². The van der Waals surface area contributed by atoms with Gasteiger partial charge in [0, 0.05) is 5.69 Å². The van der Waals surface area contributed by atoms with Crippen molar-refractivity contribution in [2.24, 2.45) is 0 Å². The van der Waals surface area contributed by atoms with E-state index in [4.69, 9.17) is 17.5 Å². The number of H-pyrrole nitrogens is 1. The van der Waals surface area contributed by atoms with Crippen molar-refractivity contribution in [1.29, 1.82) is 5.26 Å². The Hall–Kier alpha value is -1.97. The Morgan fingerprint density at radius 2 is 2.05 bits per heavy atom. The van der Waals surface area contributed by atoms with Gasteiger partial charge in [-0.3, -0.25) is 4.57 Å². The van der Waals surface area contributed by atoms with Gasteiger partial charge in [-0.05, 0) is 64.5 Å². The Labute approximate surface area is 127 Å². The predicted molar refractivity (Wildman–Crippen MR) is 80.8 cm³/mol. The van der Waals surface area contributed by atoms with Crippen LogP contribution in [0.1, 0.15) is 5.56 Å². The minimum atomic E-state index is -0.335. The number of rotatable bonds is 1. The van der Waals surface area contributed by atoms with E-state index >= 15 is 0 Å². The van der Waals surface area contributed by atoms with Gasteiger partial charge < -0.3 is 4.98 Å². The molecule has 0 saturated heterocycles. The second kappa shape index (κ2) is 4.85. The molecule has 0 saturated carbocycles. The van der Waals surface area contributed by atoms with E-state index in [0.717, 1.165) is 16.7 Å². The molecule has 0 aliphatic heterocycles. The lowest BCUT2D eigenvalue weighted by Crippen LogP contribution is -1.95. The Morgan fingerprint density at radius 3 is 2.75 bits per heavy atom. The van der Waals surface area contributed by atoms with Gasteiger partial charge in [0.15, 0.2) is 4.77 Å². The molecule has 0 fully saturated rings. The summed E-state index contributed by atoms with van der Waals surface area (Å²) in [6.07, 6.45) is 0. The van der Waals surface area contributed by atoms with Crippen molar-refractivity contribution in [2.75, 3.05) is 0 Å². The molecule has 3 nitrogen and oxygen atoms in total. The first kappa shape index (κ1) is 13.0. The molecule has 0 aliphatic rings. The lowest BCUT2D eigenvalue weighted by atomic mass is 10.2. The quantitative estimate of drug-likeness (QED) is 0.660. The smallest absolute Gasteiger partial charge is 0.182 e. The lowest BCUT2D eigenvalue weighted by molar-refractivity contribution is 0.620. The van der Waals surface area contributed by atoms with E-state index in [2.05, 4.69) is 27.0 Å². The van der Waals surface area contributed by atoms with Crippen LogP contribution in [0.4, 0.5) is 4.39 Å². The topological polar surface area (TPSA) is 44.5 Å². The Morgan fingerprint density at radius 1 is 1.25 bits per heavy atom. The van der Waals surface area contributed by atoms with Crippen molar-refractivity contribution >= 4 is 39.2 Å². The molecule has 1 N–H and O–H groups in total. The summed E-state index contributed by atoms with van der Waals surface area (Å²) in [5.74, 6) is -0.335. The fraction of sp³-hybridized carbons (Fsp3) is 0. The number of hydrogen-bond acceptors (Lipinski definition) is 2. The standard InChI is InChI=1S/C14H7BrFN3S/c15-10-6-9(2-3-11(10)16)19-13-5-8(7-17)1-4-12(13)18-14(19)20/h1-6H,(H,18,20). The summed E-state index contributed by atoms with van der Waals surface area (Å²) in [5.41, 5.74) is 2.88. The number of benzene rings is 2. The molecule has 0 radical (unpaired) electrons. The van der Waals surface area contributed by atoms with Crippen LogP contribution in [0.5, 0.6) is 0 Å². The van der Waals surface area contributed by atoms with Crippen LogP contribution in [0.2, 0.25) is 0 Å². The number of aromatic nitrogens is 2. The summed E-state index contributed by atoms with van der Waals surface area (Å²) in [4.78, 5) is 3.07. The number of nitrogens with zero attached hydrogens (tertiary/aromatic N) is 2. The minimum absolute atomic E-state index is 0.335. The number of hydrogen-bond donors (Lipinski definition) is 1. The lowest BCUT2D eigenvalue weighted by Gasteiger charge is -2.06. The van der Waals surface area contributed by atoms with Crippen molar-refractivity contribution in [3.8, 4) is 11.8 Å². The van der Waals surface area contributed by atoms with Crippen LogP contribution in [-0.4, -0.2) is 9.55 Å². The molecule has 0 unspecified atom stereocenters. The van der Waals surface area contributed by atoms with E-state index < -0.39 is 0 Å². The highest BCUT2D eigenvalue weighted by molar-refractivity contribution is 9.10. The number of nitrogens with one attached hydrogen (secondary N) is 1. The van der Waals surface area contributed by atoms with E-state index in [9.17, 15) is 4.39 Å². The molecule has 3 rings (SSSR count). The second-order valence-electron chi connectivity index (χ2n) is 4.21. The van der Waals surface area contributed by atoms with Crippen molar-refractivity contribution in [2.45, 2.75) is 0 Å². The molecular formula is C14H7BrFN3S. The van der Waals surface area contributed by atoms with Gasteiger partial charge in [-0.2, -0.15) is 5.26 Å². The fourth-order valence-electron chi connectivity index (χ4n) is 2.05. The third kappa shape index (κ3) is 2.05. The summed E-state index contributed by atoms with van der Waals surface area (Å²) in [6, 6.07) is 12.0. The van der Waals surface area contributed by atoms with E-state index in [1.165, 1.54) is 6.07 Å². The summed E-state index contributed by atoms with van der Waals surface area (Å²) < 4.78 is 16.0. The van der Waals surface area contributed by atoms with Crippen molar-refractivity contribution in [1.82, 2.24) is 9.55 Å². The number of fused-ring (bicyclic) bond motifs is 1. The van der Waals surface area contributed by atoms with Gasteiger partial charge in [0.05, 0.1) is 27.1 Å². The molecule has 0 amide bonds. The maximum atomic E-state index is 13.3. The van der Waals surface area contributed by atoms with Crippen LogP contribution in [0.25, 0.3) is 16.7 Å². The minimum Gasteiger partial charge on any atom is -0.330 e. The fourth-order valence-corrected chi connectivity index (χ4v) is 2.73. The van der Waals surface area contributed by atoms with Gasteiger partial charge >= 0.3 is 0 Å². The van der Waals surface area contributed by atoms with Gasteiger partial charge in [-0.15, -0.1) is 0 Å². The zero-order chi connectivity index (χ0) is 14.3. The largest absolute Gasteiger partial charge is 0.330 e. The monoisotopic (exact) mass is 347 g/mol. The molecule has 0 aliphatic carbocycles. The first-order valence-electron chi connectivity index (χ1n) is 5.70. The van der Waals surface area contributed by atoms with E-state index in [1.807, 2.05) is 0 Å². The van der Waals surface area contributed by atoms with Gasteiger partial charge in [-0.1, -0.05) is 0 Å². The van der Waals surface area contributed by atoms with Crippen LogP contribution in [0, 0.1) is 21.9 Å². The molecule has 98 valence electrons. The highest BCUT2D eigenvalue weighted by Crippen LogP contribution is 2.24. The van der Waals surface area contributed by atoms with Crippen molar-refractivity contribution < 1.29 is 4.39 Å². The molecule has 1 aromatic heterocycles. The highest BCUT2D eigenvalue weighted by Gasteiger charge is 2.09. The third-order valence-electron chi connectivity index (χ3n) is 2.97. The number of halogens is 2. The van der Waals surface area contributed by atoms with E-state index in [-0.39, 0.29) is 5.82 Å². The molecule has 0 bridgehead atoms. The maximum Gasteiger partial charge on any atom is 0.182 e. The van der Waals surface area contributed by atoms with Crippen molar-refractivity contribution in [3.05, 3.63) is 57.0 Å². The second-order valence-corrected chi connectivity index (χ2v) is 5.45. The molecule has 0 spiro atoms. The van der Waals surface area contributed by atoms with Crippen molar-refractivity contribution in [3.63, 3.8) is 0 Å². The molecule has 6 heteroatoms. The number of aromatic amines is 1. The third-order valence-corrected chi connectivity index (χ3v) is 3.87. The average Bonchev–Trinajstić information content (AvgIpc) is 2.77. The van der Waals surface area contributed by atoms with Crippen LogP contribution in [-0.2, 0) is 0 Å². The van der Waals surface area contributed by atoms with Crippen LogP contribution >= 0.6 is 28.1 Å². The maximum absolute atomic E-state index is 13.3. The zero-order valence-electron chi connectivity index (χ0n) is 10.0. The van der Waals surface area contributed by atoms with Gasteiger partial charge in [0.2, 0.25) is 0 Å². The van der Waals surface area contributed by atoms with E-state index in [0.29, 0.717) is 14.8 Å². The Kier molecular flexibility index (Phi) is 3.16. The zero-order valence-corrected chi connectivity index (χ0v) is 12.4. The summed E-state index contributed by atoms with van der Waals surface area (Å²) in [5, 5.41) is 8.99. The summed E-state index contributed by atoms with van der Waals surface area (Å²) >= 11 is 8.47. The summed E-state index contributed by atoms with van der Waals surface area (Å²) in [7, 11) is 0. The predicted octanol–water partition coefficient (Wildman–Crippen LogP) is 4.46. The highest BCUT2D eigenvalue weighted by atomic mass is 79.9. The average molecular weight is 348 g/mol. The number of nitriles is 1. The SMILES string of the molecule is N#Cc1ccc2[nH]c(=S)n(-c3ccc(F)c(Br)c3)c2c1. The van der Waals surface area contributed by atoms with Gasteiger partial charge in [0.25, 0.3) is 0 Å². The van der Waals surface area contributed by atoms with Crippen LogP contribution in [0.3, 0.4) is 0 Å². The first-order chi connectivity index (χ1) is 9.60. The molecule has 0 atom stereocenters. The normalized spacial score (nSPS) is 10.7. The van der Waals surface area contributed by atoms with Gasteiger partial charge in [-0.25, -0.2) is 4.39 Å². The molecule has 20 heavy (non-hydrogen) atoms.